The molecule has 2 N–H and O–H groups in total. The number of H-pyrrole nitrogens is 1. The van der Waals surface area contributed by atoms with Crippen LogP contribution in [0, 0.1) is 18.6 Å². The number of carbonyl (C=O) groups is 1. The van der Waals surface area contributed by atoms with Crippen LogP contribution in [0.1, 0.15) is 11.1 Å². The summed E-state index contributed by atoms with van der Waals surface area (Å²) in [6, 6.07) is 5.68. The largest absolute Gasteiger partial charge is 0.484 e. The summed E-state index contributed by atoms with van der Waals surface area (Å²) in [7, 11) is 0. The molecule has 0 radical (unpaired) electrons. The van der Waals surface area contributed by atoms with Gasteiger partial charge in [0.25, 0.3) is 5.91 Å². The highest BCUT2D eigenvalue weighted by Gasteiger charge is 2.05. The van der Waals surface area contributed by atoms with Crippen molar-refractivity contribution in [3.05, 3.63) is 40.4 Å². The summed E-state index contributed by atoms with van der Waals surface area (Å²) in [6.45, 7) is 3.93. The number of ether oxygens (including phenoxy) is 1. The third-order valence-corrected chi connectivity index (χ3v) is 2.93. The van der Waals surface area contributed by atoms with Crippen LogP contribution in [0.5, 0.6) is 5.75 Å². The molecule has 0 aliphatic carbocycles. The smallest absolute Gasteiger partial charge is 0.276 e. The van der Waals surface area contributed by atoms with Gasteiger partial charge in [-0.3, -0.25) is 15.3 Å². The fourth-order valence-corrected chi connectivity index (χ4v) is 1.59. The molecule has 0 fully saturated rings. The lowest BCUT2D eigenvalue weighted by atomic mass is 10.1. The summed E-state index contributed by atoms with van der Waals surface area (Å²) in [6.07, 6.45) is 1.39. The molecule has 2 rings (SSSR count). The molecular weight excluding hydrogens is 264 g/mol. The van der Waals surface area contributed by atoms with Gasteiger partial charge in [-0.2, -0.15) is 5.10 Å². The third-order valence-electron chi connectivity index (χ3n) is 2.65. The maximum absolute atomic E-state index is 11.6. The van der Waals surface area contributed by atoms with E-state index in [1.807, 2.05) is 32.0 Å². The summed E-state index contributed by atoms with van der Waals surface area (Å²) in [4.78, 5) is 11.6. The van der Waals surface area contributed by atoms with Crippen LogP contribution in [0.2, 0.25) is 0 Å². The SMILES string of the molecule is Cc1ccc(OCC(=O)Nn2cn[nH]c2=S)cc1C. The molecule has 0 saturated carbocycles. The predicted octanol–water partition coefficient (Wildman–Crippen LogP) is 1.71. The second-order valence-corrected chi connectivity index (χ2v) is 4.49. The number of aryl methyl sites for hydroxylation is 2. The summed E-state index contributed by atoms with van der Waals surface area (Å²) >= 11 is 4.90. The monoisotopic (exact) mass is 278 g/mol. The van der Waals surface area contributed by atoms with Crippen LogP contribution in [0.15, 0.2) is 24.5 Å². The third kappa shape index (κ3) is 3.41. The van der Waals surface area contributed by atoms with Crippen LogP contribution in [-0.2, 0) is 4.79 Å². The first kappa shape index (κ1) is 13.3. The van der Waals surface area contributed by atoms with E-state index in [4.69, 9.17) is 17.0 Å². The van der Waals surface area contributed by atoms with Crippen molar-refractivity contribution in [3.63, 3.8) is 0 Å². The van der Waals surface area contributed by atoms with Gasteiger partial charge in [-0.05, 0) is 49.3 Å². The van der Waals surface area contributed by atoms with E-state index in [1.165, 1.54) is 16.6 Å². The topological polar surface area (TPSA) is 71.9 Å². The number of aromatic amines is 1. The summed E-state index contributed by atoms with van der Waals surface area (Å²) < 4.78 is 7.04. The number of hydrogen-bond donors (Lipinski definition) is 2. The minimum Gasteiger partial charge on any atom is -0.484 e. The molecule has 0 bridgehead atoms. The number of nitrogens with zero attached hydrogens (tertiary/aromatic N) is 2. The molecule has 6 nitrogen and oxygen atoms in total. The zero-order chi connectivity index (χ0) is 13.8. The van der Waals surface area contributed by atoms with Gasteiger partial charge in [0.05, 0.1) is 0 Å². The summed E-state index contributed by atoms with van der Waals surface area (Å²) in [5.74, 6) is 0.352. The van der Waals surface area contributed by atoms with Crippen LogP contribution < -0.4 is 10.2 Å². The number of aromatic nitrogens is 3. The van der Waals surface area contributed by atoms with E-state index < -0.39 is 0 Å². The van der Waals surface area contributed by atoms with E-state index in [0.29, 0.717) is 10.5 Å². The van der Waals surface area contributed by atoms with Crippen LogP contribution in [0.4, 0.5) is 0 Å². The Bertz CT molecular complexity index is 647. The maximum atomic E-state index is 11.6. The van der Waals surface area contributed by atoms with Crippen molar-refractivity contribution in [2.24, 2.45) is 0 Å². The Morgan fingerprint density at radius 3 is 2.89 bits per heavy atom. The van der Waals surface area contributed by atoms with Gasteiger partial charge in [0.1, 0.15) is 12.1 Å². The molecule has 1 heterocycles. The molecule has 0 unspecified atom stereocenters. The number of nitrogens with one attached hydrogen (secondary N) is 2. The van der Waals surface area contributed by atoms with Crippen LogP contribution in [-0.4, -0.2) is 27.4 Å². The van der Waals surface area contributed by atoms with E-state index in [0.717, 1.165) is 5.56 Å². The van der Waals surface area contributed by atoms with Gasteiger partial charge in [-0.15, -0.1) is 0 Å². The zero-order valence-corrected chi connectivity index (χ0v) is 11.5. The number of rotatable bonds is 4. The first-order valence-corrected chi connectivity index (χ1v) is 6.09. The van der Waals surface area contributed by atoms with Gasteiger partial charge in [0.15, 0.2) is 6.61 Å². The van der Waals surface area contributed by atoms with Gasteiger partial charge in [-0.1, -0.05) is 6.07 Å². The van der Waals surface area contributed by atoms with Crippen LogP contribution in [0.3, 0.4) is 0 Å². The minimum absolute atomic E-state index is 0.0878. The van der Waals surface area contributed by atoms with Gasteiger partial charge in [0.2, 0.25) is 4.77 Å². The molecule has 0 aliphatic rings. The van der Waals surface area contributed by atoms with Gasteiger partial charge < -0.3 is 4.74 Å². The molecule has 7 heteroatoms. The van der Waals surface area contributed by atoms with E-state index in [9.17, 15) is 4.79 Å². The second-order valence-electron chi connectivity index (χ2n) is 4.10. The fraction of sp³-hybridized carbons (Fsp3) is 0.250. The summed E-state index contributed by atoms with van der Waals surface area (Å²) in [5.41, 5.74) is 4.84. The highest BCUT2D eigenvalue weighted by Crippen LogP contribution is 2.16. The van der Waals surface area contributed by atoms with Gasteiger partial charge >= 0.3 is 0 Å². The molecule has 1 amide bonds. The average Bonchev–Trinajstić information content (AvgIpc) is 2.77. The number of carbonyl (C=O) groups excluding carboxylic acids is 1. The van der Waals surface area contributed by atoms with Crippen molar-refractivity contribution in [2.75, 3.05) is 12.0 Å². The molecule has 0 atom stereocenters. The molecule has 1 aromatic carbocycles. The Balaban J connectivity index is 1.91. The molecular formula is C12H14N4O2S. The minimum atomic E-state index is -0.310. The Hall–Kier alpha value is -2.15. The Morgan fingerprint density at radius 1 is 1.47 bits per heavy atom. The lowest BCUT2D eigenvalue weighted by Crippen LogP contribution is -2.27. The normalized spacial score (nSPS) is 10.2. The van der Waals surface area contributed by atoms with Crippen LogP contribution in [0.25, 0.3) is 0 Å². The van der Waals surface area contributed by atoms with Crippen molar-refractivity contribution in [1.29, 1.82) is 0 Å². The lowest BCUT2D eigenvalue weighted by molar-refractivity contribution is -0.119. The van der Waals surface area contributed by atoms with E-state index in [-0.39, 0.29) is 12.5 Å². The molecule has 1 aromatic heterocycles. The number of amides is 1. The molecule has 0 aliphatic heterocycles. The molecule has 0 spiro atoms. The molecule has 2 aromatic rings. The number of benzene rings is 1. The summed E-state index contributed by atoms with van der Waals surface area (Å²) in [5, 5.41) is 6.23. The zero-order valence-electron chi connectivity index (χ0n) is 10.6. The van der Waals surface area contributed by atoms with Crippen molar-refractivity contribution in [3.8, 4) is 5.75 Å². The van der Waals surface area contributed by atoms with E-state index in [1.54, 1.807) is 0 Å². The molecule has 19 heavy (non-hydrogen) atoms. The van der Waals surface area contributed by atoms with Crippen molar-refractivity contribution >= 4 is 18.1 Å². The average molecular weight is 278 g/mol. The van der Waals surface area contributed by atoms with Crippen molar-refractivity contribution < 1.29 is 9.53 Å². The first-order chi connectivity index (χ1) is 9.06. The molecule has 0 saturated heterocycles. The highest BCUT2D eigenvalue weighted by atomic mass is 32.1. The first-order valence-electron chi connectivity index (χ1n) is 5.68. The quantitative estimate of drug-likeness (QED) is 0.835. The predicted molar refractivity (Wildman–Crippen MR) is 73.2 cm³/mol. The Kier molecular flexibility index (Phi) is 3.96. The Labute approximate surface area is 115 Å². The fourth-order valence-electron chi connectivity index (χ4n) is 1.45. The lowest BCUT2D eigenvalue weighted by Gasteiger charge is -2.08. The van der Waals surface area contributed by atoms with E-state index >= 15 is 0 Å². The Morgan fingerprint density at radius 2 is 2.26 bits per heavy atom. The number of hydrogen-bond acceptors (Lipinski definition) is 4. The van der Waals surface area contributed by atoms with E-state index in [2.05, 4.69) is 15.6 Å². The maximum Gasteiger partial charge on any atom is 0.276 e. The van der Waals surface area contributed by atoms with Crippen molar-refractivity contribution in [1.82, 2.24) is 14.9 Å². The van der Waals surface area contributed by atoms with Crippen LogP contribution >= 0.6 is 12.2 Å². The second kappa shape index (κ2) is 5.66. The molecule has 100 valence electrons. The van der Waals surface area contributed by atoms with Crippen molar-refractivity contribution in [2.45, 2.75) is 13.8 Å². The standard InChI is InChI=1S/C12H14N4O2S/c1-8-3-4-10(5-9(8)2)18-6-11(17)15-16-7-13-14-12(16)19/h3-5,7H,6H2,1-2H3,(H,14,19)(H,15,17). The highest BCUT2D eigenvalue weighted by molar-refractivity contribution is 7.71. The van der Waals surface area contributed by atoms with Gasteiger partial charge in [-0.25, -0.2) is 4.68 Å². The van der Waals surface area contributed by atoms with Gasteiger partial charge in [0, 0.05) is 0 Å².